The van der Waals surface area contributed by atoms with E-state index in [1.165, 1.54) is 11.1 Å². The first-order chi connectivity index (χ1) is 11.0. The molecule has 1 saturated heterocycles. The molecule has 1 aliphatic rings. The molecule has 124 valence electrons. The van der Waals surface area contributed by atoms with Gasteiger partial charge >= 0.3 is 0 Å². The molecular weight excluding hydrogens is 314 g/mol. The van der Waals surface area contributed by atoms with Gasteiger partial charge in [-0.3, -0.25) is 4.79 Å². The van der Waals surface area contributed by atoms with E-state index in [0.29, 0.717) is 43.9 Å². The van der Waals surface area contributed by atoms with Crippen molar-refractivity contribution in [3.05, 3.63) is 45.5 Å². The largest absolute Gasteiger partial charge is 0.465 e. The van der Waals surface area contributed by atoms with Gasteiger partial charge in [0.15, 0.2) is 0 Å². The molecule has 0 unspecified atom stereocenters. The molecule has 1 amide bonds. The molecule has 1 aliphatic heterocycles. The second kappa shape index (κ2) is 6.47. The van der Waals surface area contributed by atoms with Crippen LogP contribution in [0.1, 0.15) is 38.7 Å². The number of hydrogen-bond acceptors (Lipinski definition) is 5. The summed E-state index contributed by atoms with van der Waals surface area (Å²) in [6.45, 7) is 3.53. The summed E-state index contributed by atoms with van der Waals surface area (Å²) >= 11 is 1.68. The Morgan fingerprint density at radius 1 is 1.35 bits per heavy atom. The standard InChI is InChI=1S/C17H21NO4S/c1-12-3-4-13(23-12)11-18(2)16(19)14-5-8-22-15(14)17(20)6-9-21-10-7-17/h3-5,8,20H,6-7,9-11H2,1-2H3. The van der Waals surface area contributed by atoms with E-state index >= 15 is 0 Å². The third kappa shape index (κ3) is 3.34. The summed E-state index contributed by atoms with van der Waals surface area (Å²) in [6.07, 6.45) is 2.35. The van der Waals surface area contributed by atoms with Crippen molar-refractivity contribution < 1.29 is 19.1 Å². The number of hydrogen-bond donors (Lipinski definition) is 1. The van der Waals surface area contributed by atoms with Gasteiger partial charge in [0.1, 0.15) is 11.4 Å². The molecule has 5 nitrogen and oxygen atoms in total. The van der Waals surface area contributed by atoms with Gasteiger partial charge in [-0.05, 0) is 25.1 Å². The predicted octanol–water partition coefficient (Wildman–Crippen LogP) is 2.92. The second-order valence-electron chi connectivity index (χ2n) is 5.98. The fraction of sp³-hybridized carbons (Fsp3) is 0.471. The third-order valence-corrected chi connectivity index (χ3v) is 5.16. The number of rotatable bonds is 4. The average molecular weight is 335 g/mol. The number of aliphatic hydroxyl groups is 1. The van der Waals surface area contributed by atoms with E-state index in [1.807, 2.05) is 19.1 Å². The fourth-order valence-corrected chi connectivity index (χ4v) is 3.80. The first-order valence-electron chi connectivity index (χ1n) is 7.68. The van der Waals surface area contributed by atoms with Gasteiger partial charge in [-0.25, -0.2) is 0 Å². The maximum atomic E-state index is 12.8. The van der Waals surface area contributed by atoms with E-state index in [4.69, 9.17) is 9.15 Å². The van der Waals surface area contributed by atoms with Crippen molar-refractivity contribution in [2.75, 3.05) is 20.3 Å². The van der Waals surface area contributed by atoms with Gasteiger partial charge < -0.3 is 19.2 Å². The Hall–Kier alpha value is -1.63. The van der Waals surface area contributed by atoms with Crippen LogP contribution in [-0.4, -0.2) is 36.2 Å². The Balaban J connectivity index is 1.78. The highest BCUT2D eigenvalue weighted by atomic mass is 32.1. The molecule has 23 heavy (non-hydrogen) atoms. The first kappa shape index (κ1) is 16.2. The minimum Gasteiger partial charge on any atom is -0.465 e. The van der Waals surface area contributed by atoms with Gasteiger partial charge in [0.25, 0.3) is 5.91 Å². The van der Waals surface area contributed by atoms with Gasteiger partial charge in [-0.1, -0.05) is 0 Å². The number of carbonyl (C=O) groups excluding carboxylic acids is 1. The van der Waals surface area contributed by atoms with Crippen molar-refractivity contribution in [1.29, 1.82) is 0 Å². The molecule has 0 atom stereocenters. The van der Waals surface area contributed by atoms with Crippen LogP contribution in [0.25, 0.3) is 0 Å². The van der Waals surface area contributed by atoms with E-state index < -0.39 is 5.60 Å². The number of carbonyl (C=O) groups is 1. The van der Waals surface area contributed by atoms with Crippen molar-refractivity contribution in [2.45, 2.75) is 31.9 Å². The highest BCUT2D eigenvalue weighted by Crippen LogP contribution is 2.35. The molecule has 2 aromatic rings. The van der Waals surface area contributed by atoms with E-state index in [2.05, 4.69) is 0 Å². The van der Waals surface area contributed by atoms with Crippen molar-refractivity contribution in [1.82, 2.24) is 4.90 Å². The minimum atomic E-state index is -1.12. The lowest BCUT2D eigenvalue weighted by atomic mass is 9.89. The SMILES string of the molecule is Cc1ccc(CN(C)C(=O)c2ccoc2C2(O)CCOCC2)s1. The summed E-state index contributed by atoms with van der Waals surface area (Å²) in [5, 5.41) is 10.8. The number of amides is 1. The molecule has 1 fully saturated rings. The molecule has 6 heteroatoms. The Labute approximate surface area is 139 Å². The van der Waals surface area contributed by atoms with Gasteiger partial charge in [0, 0.05) is 42.9 Å². The molecule has 2 aromatic heterocycles. The molecule has 3 heterocycles. The van der Waals surface area contributed by atoms with Gasteiger partial charge in [-0.15, -0.1) is 11.3 Å². The number of furan rings is 1. The second-order valence-corrected chi connectivity index (χ2v) is 7.35. The highest BCUT2D eigenvalue weighted by Gasteiger charge is 2.38. The summed E-state index contributed by atoms with van der Waals surface area (Å²) in [5.41, 5.74) is -0.683. The Kier molecular flexibility index (Phi) is 4.57. The van der Waals surface area contributed by atoms with Crippen LogP contribution in [0.2, 0.25) is 0 Å². The molecule has 0 radical (unpaired) electrons. The van der Waals surface area contributed by atoms with Crippen LogP contribution in [0.3, 0.4) is 0 Å². The van der Waals surface area contributed by atoms with Crippen LogP contribution >= 0.6 is 11.3 Å². The quantitative estimate of drug-likeness (QED) is 0.933. The fourth-order valence-electron chi connectivity index (χ4n) is 2.86. The number of nitrogens with zero attached hydrogens (tertiary/aromatic N) is 1. The van der Waals surface area contributed by atoms with E-state index in [-0.39, 0.29) is 5.91 Å². The summed E-state index contributed by atoms with van der Waals surface area (Å²) in [7, 11) is 1.77. The van der Waals surface area contributed by atoms with Crippen LogP contribution in [0.4, 0.5) is 0 Å². The zero-order valence-electron chi connectivity index (χ0n) is 13.4. The van der Waals surface area contributed by atoms with Crippen LogP contribution in [0.15, 0.2) is 28.9 Å². The van der Waals surface area contributed by atoms with Crippen molar-refractivity contribution in [3.8, 4) is 0 Å². The maximum Gasteiger partial charge on any atom is 0.257 e. The van der Waals surface area contributed by atoms with Crippen LogP contribution in [-0.2, 0) is 16.9 Å². The van der Waals surface area contributed by atoms with E-state index in [1.54, 1.807) is 29.4 Å². The van der Waals surface area contributed by atoms with Crippen LogP contribution < -0.4 is 0 Å². The third-order valence-electron chi connectivity index (χ3n) is 4.17. The smallest absolute Gasteiger partial charge is 0.257 e. The van der Waals surface area contributed by atoms with Gasteiger partial charge in [0.2, 0.25) is 0 Å². The predicted molar refractivity (Wildman–Crippen MR) is 87.5 cm³/mol. The first-order valence-corrected chi connectivity index (χ1v) is 8.50. The Bertz CT molecular complexity index is 684. The number of aryl methyl sites for hydroxylation is 1. The molecule has 0 bridgehead atoms. The topological polar surface area (TPSA) is 62.9 Å². The van der Waals surface area contributed by atoms with Crippen molar-refractivity contribution >= 4 is 17.2 Å². The lowest BCUT2D eigenvalue weighted by Gasteiger charge is -2.31. The van der Waals surface area contributed by atoms with Crippen molar-refractivity contribution in [2.24, 2.45) is 0 Å². The zero-order chi connectivity index (χ0) is 16.4. The molecule has 0 aliphatic carbocycles. The van der Waals surface area contributed by atoms with Crippen LogP contribution in [0, 0.1) is 6.92 Å². The maximum absolute atomic E-state index is 12.8. The van der Waals surface area contributed by atoms with E-state index in [0.717, 1.165) is 4.88 Å². The normalized spacial score (nSPS) is 17.2. The lowest BCUT2D eigenvalue weighted by molar-refractivity contribution is -0.0805. The molecule has 0 aromatic carbocycles. The Morgan fingerprint density at radius 2 is 2.09 bits per heavy atom. The summed E-state index contributed by atoms with van der Waals surface area (Å²) in [5.74, 6) is 0.222. The van der Waals surface area contributed by atoms with E-state index in [9.17, 15) is 9.90 Å². The van der Waals surface area contributed by atoms with Gasteiger partial charge in [0.05, 0.1) is 18.4 Å². The monoisotopic (exact) mass is 335 g/mol. The lowest BCUT2D eigenvalue weighted by Crippen LogP contribution is -2.36. The Morgan fingerprint density at radius 3 is 2.74 bits per heavy atom. The van der Waals surface area contributed by atoms with Crippen LogP contribution in [0.5, 0.6) is 0 Å². The molecular formula is C17H21NO4S. The molecule has 0 saturated carbocycles. The molecule has 0 spiro atoms. The number of ether oxygens (including phenoxy) is 1. The average Bonchev–Trinajstić information content (AvgIpc) is 3.16. The summed E-state index contributed by atoms with van der Waals surface area (Å²) in [6, 6.07) is 5.72. The van der Waals surface area contributed by atoms with Gasteiger partial charge in [-0.2, -0.15) is 0 Å². The summed E-state index contributed by atoms with van der Waals surface area (Å²) < 4.78 is 10.8. The molecule has 3 rings (SSSR count). The number of thiophene rings is 1. The summed E-state index contributed by atoms with van der Waals surface area (Å²) in [4.78, 5) is 16.8. The molecule has 1 N–H and O–H groups in total. The zero-order valence-corrected chi connectivity index (χ0v) is 14.2. The van der Waals surface area contributed by atoms with Crippen molar-refractivity contribution in [3.63, 3.8) is 0 Å². The highest BCUT2D eigenvalue weighted by molar-refractivity contribution is 7.11. The minimum absolute atomic E-state index is 0.139.